The van der Waals surface area contributed by atoms with E-state index < -0.39 is 13.3 Å². The normalized spacial score (nSPS) is 12.3. The predicted molar refractivity (Wildman–Crippen MR) is 273 cm³/mol. The average molecular weight is 892 g/mol. The molecule has 0 atom stereocenters. The molecule has 14 rings (SSSR count). The number of furan rings is 2. The van der Waals surface area contributed by atoms with E-state index >= 15 is 0 Å². The first-order chi connectivity index (χ1) is 32.3. The summed E-state index contributed by atoms with van der Waals surface area (Å²) < 4.78 is 24.3. The van der Waals surface area contributed by atoms with E-state index in [4.69, 9.17) is 8.83 Å². The first-order valence-corrected chi connectivity index (χ1v) is 26.4. The van der Waals surface area contributed by atoms with Gasteiger partial charge in [0.15, 0.2) is 0 Å². The molecule has 5 heteroatoms. The Morgan fingerprint density at radius 3 is 1.48 bits per heavy atom. The Labute approximate surface area is 376 Å². The quantitative estimate of drug-likeness (QED) is 0.156. The molecule has 0 spiro atoms. The number of rotatable bonds is 6. The number of benzene rings is 10. The van der Waals surface area contributed by atoms with E-state index in [1.807, 2.05) is 6.07 Å². The second-order valence-electron chi connectivity index (χ2n) is 17.2. The molecule has 4 aromatic heterocycles. The zero-order valence-electron chi connectivity index (χ0n) is 35.2. The minimum atomic E-state index is -3.55. The van der Waals surface area contributed by atoms with Gasteiger partial charge in [0.05, 0.1) is 11.0 Å². The number of para-hydroxylation sites is 4. The molecule has 0 unspecified atom stereocenters. The van der Waals surface area contributed by atoms with Crippen LogP contribution in [0.15, 0.2) is 239 Å². The van der Waals surface area contributed by atoms with Gasteiger partial charge in [0.2, 0.25) is 0 Å². The maximum atomic E-state index is 7.24. The van der Waals surface area contributed by atoms with E-state index in [2.05, 4.69) is 234 Å². The first kappa shape index (κ1) is 36.4. The van der Waals surface area contributed by atoms with Crippen LogP contribution >= 0.6 is 0 Å². The topological polar surface area (TPSA) is 36.1 Å². The number of fused-ring (bicyclic) bond motifs is 13. The molecule has 0 radical (unpaired) electrons. The second-order valence-corrected chi connectivity index (χ2v) is 25.1. The minimum absolute atomic E-state index is 0.854. The van der Waals surface area contributed by atoms with Crippen molar-refractivity contribution < 1.29 is 8.83 Å². The molecule has 14 aromatic rings. The number of aromatic nitrogens is 2. The van der Waals surface area contributed by atoms with Crippen LogP contribution in [0.1, 0.15) is 0 Å². The second kappa shape index (κ2) is 14.0. The van der Waals surface area contributed by atoms with Crippen molar-refractivity contribution in [2.75, 3.05) is 0 Å². The van der Waals surface area contributed by atoms with Crippen molar-refractivity contribution in [3.8, 4) is 11.4 Å². The van der Waals surface area contributed by atoms with Gasteiger partial charge in [0.1, 0.15) is 0 Å². The molecule has 0 bridgehead atoms. The molecule has 10 aromatic carbocycles. The molecule has 0 aliphatic carbocycles. The molecule has 0 fully saturated rings. The standard InChI is InChI=1S/C60H38GeN2O2/c1-4-17-39(18-5-1)61(40-19-6-2-7-20-40,41-21-8-3-9-22-41)42-31-33-47-48-26-16-29-55(59(48)65-57(47)37-42)63-53-35-32-43(62-51-27-13-10-23-44(51)45-24-11-14-28-52(45)62)38-50(53)58-54(63)36-34-49-46-25-12-15-30-56(46)64-60(49)58/h1-38H. The molecular formula is C60H38GeN2O2. The Morgan fingerprint density at radius 2 is 0.800 bits per heavy atom. The SMILES string of the molecule is c1cc[c]([Ge]([c]2ccccc2)([c]2ccccc2)[c]2ccc3c(c2)oc2c(-n4c5ccc(-n6c7ccccc7c7ccccc76)cc5c5c6oc7ccccc7c6ccc54)cccc23)cc1. The average Bonchev–Trinajstić information content (AvgIpc) is 4.13. The summed E-state index contributed by atoms with van der Waals surface area (Å²) in [7, 11) is 0. The Balaban J connectivity index is 1.05. The van der Waals surface area contributed by atoms with Crippen LogP contribution in [0.5, 0.6) is 0 Å². The Hall–Kier alpha value is -8.06. The molecular weight excluding hydrogens is 853 g/mol. The van der Waals surface area contributed by atoms with E-state index in [-0.39, 0.29) is 0 Å². The van der Waals surface area contributed by atoms with E-state index in [1.54, 1.807) is 0 Å². The molecule has 0 aliphatic heterocycles. The molecule has 304 valence electrons. The monoisotopic (exact) mass is 892 g/mol. The van der Waals surface area contributed by atoms with Crippen molar-refractivity contribution in [2.45, 2.75) is 0 Å². The van der Waals surface area contributed by atoms with Gasteiger partial charge in [0.25, 0.3) is 0 Å². The van der Waals surface area contributed by atoms with Gasteiger partial charge in [-0.25, -0.2) is 0 Å². The maximum absolute atomic E-state index is 7.24. The van der Waals surface area contributed by atoms with Crippen molar-refractivity contribution in [1.82, 2.24) is 9.13 Å². The zero-order valence-corrected chi connectivity index (χ0v) is 37.2. The molecule has 65 heavy (non-hydrogen) atoms. The molecule has 4 heterocycles. The molecule has 0 aliphatic rings. The predicted octanol–water partition coefficient (Wildman–Crippen LogP) is 13.1. The van der Waals surface area contributed by atoms with Crippen molar-refractivity contribution in [2.24, 2.45) is 0 Å². The fourth-order valence-corrected chi connectivity index (χ4v) is 21.1. The summed E-state index contributed by atoms with van der Waals surface area (Å²) in [6, 6.07) is 84.2. The number of hydrogen-bond acceptors (Lipinski definition) is 2. The van der Waals surface area contributed by atoms with Gasteiger partial charge in [-0.3, -0.25) is 0 Å². The van der Waals surface area contributed by atoms with Crippen LogP contribution in [0, 0.1) is 0 Å². The summed E-state index contributed by atoms with van der Waals surface area (Å²) in [5.74, 6) is 0. The van der Waals surface area contributed by atoms with E-state index in [0.717, 1.165) is 77.1 Å². The summed E-state index contributed by atoms with van der Waals surface area (Å²) in [6.45, 7) is 0. The number of nitrogens with zero attached hydrogens (tertiary/aromatic N) is 2. The van der Waals surface area contributed by atoms with Crippen LogP contribution in [-0.4, -0.2) is 22.4 Å². The molecule has 0 saturated heterocycles. The van der Waals surface area contributed by atoms with Crippen LogP contribution in [0.4, 0.5) is 0 Å². The Kier molecular flexibility index (Phi) is 7.83. The third-order valence-electron chi connectivity index (χ3n) is 13.9. The molecule has 4 nitrogen and oxygen atoms in total. The summed E-state index contributed by atoms with van der Waals surface area (Å²) in [4.78, 5) is 0. The first-order valence-electron chi connectivity index (χ1n) is 22.3. The van der Waals surface area contributed by atoms with Crippen molar-refractivity contribution in [3.63, 3.8) is 0 Å². The fraction of sp³-hybridized carbons (Fsp3) is 0. The number of hydrogen-bond donors (Lipinski definition) is 0. The third kappa shape index (κ3) is 5.14. The zero-order chi connectivity index (χ0) is 42.6. The van der Waals surface area contributed by atoms with Crippen LogP contribution in [0.25, 0.3) is 98.9 Å². The van der Waals surface area contributed by atoms with E-state index in [0.29, 0.717) is 0 Å². The van der Waals surface area contributed by atoms with Crippen LogP contribution in [-0.2, 0) is 0 Å². The third-order valence-corrected chi connectivity index (χ3v) is 23.9. The van der Waals surface area contributed by atoms with Gasteiger partial charge >= 0.3 is 284 Å². The van der Waals surface area contributed by atoms with Crippen molar-refractivity contribution in [1.29, 1.82) is 0 Å². The Morgan fingerprint density at radius 1 is 0.292 bits per heavy atom. The molecule has 0 N–H and O–H groups in total. The summed E-state index contributed by atoms with van der Waals surface area (Å²) >= 11 is -3.55. The summed E-state index contributed by atoms with van der Waals surface area (Å²) in [6.07, 6.45) is 0. The van der Waals surface area contributed by atoms with Crippen molar-refractivity contribution in [3.05, 3.63) is 231 Å². The Bertz CT molecular complexity index is 4030. The van der Waals surface area contributed by atoms with E-state index in [1.165, 1.54) is 39.4 Å². The summed E-state index contributed by atoms with van der Waals surface area (Å²) in [5, 5.41) is 9.08. The molecule has 0 saturated carbocycles. The van der Waals surface area contributed by atoms with Gasteiger partial charge in [0, 0.05) is 10.8 Å². The van der Waals surface area contributed by atoms with Gasteiger partial charge < -0.3 is 0 Å². The van der Waals surface area contributed by atoms with Gasteiger partial charge in [-0.2, -0.15) is 0 Å². The van der Waals surface area contributed by atoms with Crippen molar-refractivity contribution >= 4 is 118 Å². The van der Waals surface area contributed by atoms with Gasteiger partial charge in [-0.15, -0.1) is 0 Å². The van der Waals surface area contributed by atoms with Crippen LogP contribution < -0.4 is 17.6 Å². The van der Waals surface area contributed by atoms with Crippen LogP contribution in [0.3, 0.4) is 0 Å². The molecule has 0 amide bonds. The fourth-order valence-electron chi connectivity index (χ4n) is 11.1. The van der Waals surface area contributed by atoms with Gasteiger partial charge in [-0.05, 0) is 18.2 Å². The summed E-state index contributed by atoms with van der Waals surface area (Å²) in [5.41, 5.74) is 10.1. The van der Waals surface area contributed by atoms with Crippen LogP contribution in [0.2, 0.25) is 0 Å². The van der Waals surface area contributed by atoms with E-state index in [9.17, 15) is 0 Å². The van der Waals surface area contributed by atoms with Gasteiger partial charge in [-0.1, -0.05) is 54.6 Å².